The molecular formula is C13H16N4O2. The van der Waals surface area contributed by atoms with Crippen LogP contribution in [0.3, 0.4) is 0 Å². The van der Waals surface area contributed by atoms with E-state index in [-0.39, 0.29) is 10.6 Å². The summed E-state index contributed by atoms with van der Waals surface area (Å²) in [6.45, 7) is 2.44. The van der Waals surface area contributed by atoms with E-state index in [1.165, 1.54) is 6.07 Å². The fraction of sp³-hybridized carbons (Fsp3) is 0.308. The second kappa shape index (κ2) is 5.51. The van der Waals surface area contributed by atoms with Crippen molar-refractivity contribution in [2.75, 3.05) is 11.9 Å². The van der Waals surface area contributed by atoms with Crippen molar-refractivity contribution >= 4 is 11.4 Å². The number of nitrogens with zero attached hydrogens (tertiary/aromatic N) is 3. The number of aromatic nitrogens is 2. The van der Waals surface area contributed by atoms with Crippen LogP contribution in [0.25, 0.3) is 0 Å². The Kier molecular flexibility index (Phi) is 3.79. The zero-order valence-corrected chi connectivity index (χ0v) is 11.0. The summed E-state index contributed by atoms with van der Waals surface area (Å²) in [5, 5.41) is 14.1. The van der Waals surface area contributed by atoms with Crippen molar-refractivity contribution in [2.24, 2.45) is 7.05 Å². The largest absolute Gasteiger partial charge is 0.384 e. The van der Waals surface area contributed by atoms with E-state index in [1.54, 1.807) is 19.2 Å². The van der Waals surface area contributed by atoms with Gasteiger partial charge in [0.1, 0.15) is 5.82 Å². The molecule has 0 aliphatic heterocycles. The van der Waals surface area contributed by atoms with Crippen LogP contribution < -0.4 is 5.32 Å². The third-order valence-corrected chi connectivity index (χ3v) is 3.09. The summed E-state index contributed by atoms with van der Waals surface area (Å²) in [6, 6.07) is 5.05. The molecule has 6 heteroatoms. The molecule has 1 aromatic heterocycles. The van der Waals surface area contributed by atoms with Gasteiger partial charge in [-0.1, -0.05) is 6.07 Å². The van der Waals surface area contributed by atoms with Crippen LogP contribution in [0.1, 0.15) is 11.4 Å². The molecule has 1 N–H and O–H groups in total. The van der Waals surface area contributed by atoms with Crippen LogP contribution in [-0.4, -0.2) is 21.0 Å². The first kappa shape index (κ1) is 13.1. The van der Waals surface area contributed by atoms with Crippen molar-refractivity contribution in [3.05, 3.63) is 52.1 Å². The molecule has 2 aromatic rings. The first-order chi connectivity index (χ1) is 9.09. The lowest BCUT2D eigenvalue weighted by atomic mass is 10.1. The number of rotatable bonds is 5. The van der Waals surface area contributed by atoms with Crippen molar-refractivity contribution in [2.45, 2.75) is 13.3 Å². The monoisotopic (exact) mass is 260 g/mol. The van der Waals surface area contributed by atoms with Gasteiger partial charge in [0.25, 0.3) is 5.69 Å². The molecule has 0 saturated heterocycles. The van der Waals surface area contributed by atoms with E-state index in [0.29, 0.717) is 12.1 Å². The highest BCUT2D eigenvalue weighted by Gasteiger charge is 2.12. The van der Waals surface area contributed by atoms with Crippen LogP contribution in [0.15, 0.2) is 30.6 Å². The topological polar surface area (TPSA) is 73.0 Å². The molecule has 0 bridgehead atoms. The predicted molar refractivity (Wildman–Crippen MR) is 73.2 cm³/mol. The fourth-order valence-corrected chi connectivity index (χ4v) is 1.96. The molecule has 1 heterocycles. The molecule has 2 rings (SSSR count). The third kappa shape index (κ3) is 2.90. The van der Waals surface area contributed by atoms with Gasteiger partial charge in [-0.15, -0.1) is 0 Å². The molecule has 0 unspecified atom stereocenters. The Morgan fingerprint density at radius 3 is 2.89 bits per heavy atom. The Bertz CT molecular complexity index is 592. The average molecular weight is 260 g/mol. The molecule has 0 aliphatic carbocycles. The van der Waals surface area contributed by atoms with Crippen molar-refractivity contribution in [1.82, 2.24) is 9.55 Å². The Balaban J connectivity index is 2.02. The first-order valence-electron chi connectivity index (χ1n) is 6.03. The minimum atomic E-state index is -0.362. The molecule has 0 saturated carbocycles. The summed E-state index contributed by atoms with van der Waals surface area (Å²) >= 11 is 0. The van der Waals surface area contributed by atoms with Crippen molar-refractivity contribution in [3.8, 4) is 0 Å². The van der Waals surface area contributed by atoms with Crippen LogP contribution in [0.5, 0.6) is 0 Å². The van der Waals surface area contributed by atoms with Gasteiger partial charge in [0.05, 0.1) is 4.92 Å². The smallest absolute Gasteiger partial charge is 0.274 e. The molecule has 100 valence electrons. The highest BCUT2D eigenvalue weighted by atomic mass is 16.6. The van der Waals surface area contributed by atoms with E-state index in [0.717, 1.165) is 17.9 Å². The summed E-state index contributed by atoms with van der Waals surface area (Å²) in [7, 11) is 1.95. The molecular weight excluding hydrogens is 244 g/mol. The summed E-state index contributed by atoms with van der Waals surface area (Å²) in [5.41, 5.74) is 1.60. The van der Waals surface area contributed by atoms with Crippen LogP contribution in [0.2, 0.25) is 0 Å². The zero-order chi connectivity index (χ0) is 13.8. The van der Waals surface area contributed by atoms with Gasteiger partial charge in [-0.2, -0.15) is 0 Å². The van der Waals surface area contributed by atoms with E-state index in [4.69, 9.17) is 0 Å². The molecule has 0 amide bonds. The Morgan fingerprint density at radius 1 is 1.47 bits per heavy atom. The highest BCUT2D eigenvalue weighted by molar-refractivity contribution is 5.59. The second-order valence-corrected chi connectivity index (χ2v) is 4.34. The quantitative estimate of drug-likeness (QED) is 0.661. The lowest BCUT2D eigenvalue weighted by molar-refractivity contribution is -0.385. The number of anilines is 1. The first-order valence-corrected chi connectivity index (χ1v) is 6.03. The number of hydrogen-bond donors (Lipinski definition) is 1. The molecule has 0 aliphatic rings. The van der Waals surface area contributed by atoms with Gasteiger partial charge >= 0.3 is 0 Å². The van der Waals surface area contributed by atoms with Gasteiger partial charge in [-0.05, 0) is 13.0 Å². The fourth-order valence-electron chi connectivity index (χ4n) is 1.96. The van der Waals surface area contributed by atoms with Crippen molar-refractivity contribution < 1.29 is 4.92 Å². The number of nitro groups is 1. The van der Waals surface area contributed by atoms with Gasteiger partial charge in [0, 0.05) is 49.7 Å². The van der Waals surface area contributed by atoms with Gasteiger partial charge in [0.15, 0.2) is 0 Å². The third-order valence-electron chi connectivity index (χ3n) is 3.09. The average Bonchev–Trinajstić information content (AvgIpc) is 2.77. The highest BCUT2D eigenvalue weighted by Crippen LogP contribution is 2.24. The minimum absolute atomic E-state index is 0.141. The maximum absolute atomic E-state index is 10.8. The lowest BCUT2D eigenvalue weighted by Crippen LogP contribution is -2.09. The zero-order valence-electron chi connectivity index (χ0n) is 11.0. The number of nitrogens with one attached hydrogen (secondary N) is 1. The molecule has 19 heavy (non-hydrogen) atoms. The van der Waals surface area contributed by atoms with E-state index in [2.05, 4.69) is 10.3 Å². The number of nitro benzene ring substituents is 1. The van der Waals surface area contributed by atoms with E-state index in [1.807, 2.05) is 23.9 Å². The predicted octanol–water partition coefficient (Wildman–Crippen LogP) is 2.29. The molecule has 0 spiro atoms. The molecule has 0 radical (unpaired) electrons. The van der Waals surface area contributed by atoms with Crippen LogP contribution >= 0.6 is 0 Å². The van der Waals surface area contributed by atoms with Gasteiger partial charge in [0.2, 0.25) is 0 Å². The number of imidazole rings is 1. The minimum Gasteiger partial charge on any atom is -0.384 e. The van der Waals surface area contributed by atoms with Gasteiger partial charge < -0.3 is 9.88 Å². The SMILES string of the molecule is Cc1c(NCCc2nccn2C)cccc1[N+](=O)[O-]. The van der Waals surface area contributed by atoms with Crippen LogP contribution in [-0.2, 0) is 13.5 Å². The maximum Gasteiger partial charge on any atom is 0.274 e. The normalized spacial score (nSPS) is 10.4. The number of benzene rings is 1. The summed E-state index contributed by atoms with van der Waals surface area (Å²) in [6.07, 6.45) is 4.42. The molecule has 0 atom stereocenters. The van der Waals surface area contributed by atoms with Gasteiger partial charge in [-0.3, -0.25) is 10.1 Å². The summed E-state index contributed by atoms with van der Waals surface area (Å²) < 4.78 is 1.96. The number of hydrogen-bond acceptors (Lipinski definition) is 4. The lowest BCUT2D eigenvalue weighted by Gasteiger charge is -2.09. The van der Waals surface area contributed by atoms with Crippen molar-refractivity contribution in [3.63, 3.8) is 0 Å². The van der Waals surface area contributed by atoms with E-state index < -0.39 is 0 Å². The van der Waals surface area contributed by atoms with Crippen molar-refractivity contribution in [1.29, 1.82) is 0 Å². The summed E-state index contributed by atoms with van der Waals surface area (Å²) in [5.74, 6) is 0.982. The van der Waals surface area contributed by atoms with Gasteiger partial charge in [-0.25, -0.2) is 4.98 Å². The summed E-state index contributed by atoms with van der Waals surface area (Å²) in [4.78, 5) is 14.7. The van der Waals surface area contributed by atoms with E-state index in [9.17, 15) is 10.1 Å². The maximum atomic E-state index is 10.8. The molecule has 0 fully saturated rings. The molecule has 1 aromatic carbocycles. The molecule has 6 nitrogen and oxygen atoms in total. The Hall–Kier alpha value is -2.37. The van der Waals surface area contributed by atoms with Crippen LogP contribution in [0.4, 0.5) is 11.4 Å². The Morgan fingerprint density at radius 2 is 2.26 bits per heavy atom. The second-order valence-electron chi connectivity index (χ2n) is 4.34. The number of aryl methyl sites for hydroxylation is 1. The van der Waals surface area contributed by atoms with E-state index >= 15 is 0 Å². The van der Waals surface area contributed by atoms with Crippen LogP contribution in [0, 0.1) is 17.0 Å². The Labute approximate surface area is 111 Å². The standard InChI is InChI=1S/C13H16N4O2/c1-10-11(4-3-5-12(10)17(18)19)14-7-6-13-15-8-9-16(13)2/h3-5,8-9,14H,6-7H2,1-2H3.